The Labute approximate surface area is 108 Å². The molecule has 1 saturated heterocycles. The van der Waals surface area contributed by atoms with Crippen molar-refractivity contribution in [3.05, 3.63) is 29.3 Å². The van der Waals surface area contributed by atoms with E-state index in [0.29, 0.717) is 5.92 Å². The van der Waals surface area contributed by atoms with Crippen molar-refractivity contribution in [2.45, 2.75) is 32.2 Å². The van der Waals surface area contributed by atoms with Gasteiger partial charge in [-0.15, -0.1) is 0 Å². The molecule has 2 rings (SSSR count). The van der Waals surface area contributed by atoms with Crippen LogP contribution in [0.4, 0.5) is 5.69 Å². The van der Waals surface area contributed by atoms with Crippen molar-refractivity contribution >= 4 is 17.3 Å². The van der Waals surface area contributed by atoms with E-state index in [2.05, 4.69) is 24.8 Å². The molecule has 0 amide bonds. The van der Waals surface area contributed by atoms with Crippen molar-refractivity contribution in [3.8, 4) is 0 Å². The summed E-state index contributed by atoms with van der Waals surface area (Å²) in [6, 6.07) is 7.97. The number of anilines is 1. The minimum atomic E-state index is 0.135. The quantitative estimate of drug-likeness (QED) is 0.874. The van der Waals surface area contributed by atoms with Crippen LogP contribution in [0.25, 0.3) is 0 Å². The van der Waals surface area contributed by atoms with Gasteiger partial charge in [0.2, 0.25) is 0 Å². The van der Waals surface area contributed by atoms with Crippen LogP contribution in [0.1, 0.15) is 26.7 Å². The molecule has 1 aromatic rings. The molecular weight excluding hydrogens is 234 g/mol. The van der Waals surface area contributed by atoms with Crippen LogP contribution in [-0.4, -0.2) is 23.8 Å². The lowest BCUT2D eigenvalue weighted by Crippen LogP contribution is -2.51. The second kappa shape index (κ2) is 4.87. The monoisotopic (exact) mass is 253 g/mol. The van der Waals surface area contributed by atoms with E-state index in [1.54, 1.807) is 0 Å². The largest absolute Gasteiger partial charge is 0.396 e. The zero-order chi connectivity index (χ0) is 12.5. The molecule has 0 saturated carbocycles. The summed E-state index contributed by atoms with van der Waals surface area (Å²) in [7, 11) is 0. The fourth-order valence-corrected chi connectivity index (χ4v) is 2.72. The van der Waals surface area contributed by atoms with Crippen molar-refractivity contribution in [1.82, 2.24) is 0 Å². The summed E-state index contributed by atoms with van der Waals surface area (Å²) < 4.78 is 0. The number of hydrogen-bond donors (Lipinski definition) is 1. The van der Waals surface area contributed by atoms with Gasteiger partial charge in [-0.3, -0.25) is 0 Å². The first-order chi connectivity index (χ1) is 8.03. The molecule has 0 aromatic heterocycles. The summed E-state index contributed by atoms with van der Waals surface area (Å²) in [6.45, 7) is 5.68. The molecule has 1 fully saturated rings. The number of piperidine rings is 1. The molecule has 0 radical (unpaired) electrons. The Morgan fingerprint density at radius 1 is 1.47 bits per heavy atom. The van der Waals surface area contributed by atoms with Gasteiger partial charge >= 0.3 is 0 Å². The minimum Gasteiger partial charge on any atom is -0.396 e. The Hall–Kier alpha value is -0.730. The highest BCUT2D eigenvalue weighted by Crippen LogP contribution is 2.35. The maximum atomic E-state index is 9.33. The van der Waals surface area contributed by atoms with Gasteiger partial charge in [0.1, 0.15) is 0 Å². The first-order valence-corrected chi connectivity index (χ1v) is 6.55. The standard InChI is InChI=1S/C14H20ClNO/c1-14(2)7-6-11(10-17)9-16(14)13-5-3-4-12(15)8-13/h3-5,8,11,17H,6-7,9-10H2,1-2H3. The Kier molecular flexibility index (Phi) is 3.64. The van der Waals surface area contributed by atoms with Crippen molar-refractivity contribution in [1.29, 1.82) is 0 Å². The van der Waals surface area contributed by atoms with E-state index in [1.807, 2.05) is 18.2 Å². The molecule has 0 bridgehead atoms. The number of nitrogens with zero attached hydrogens (tertiary/aromatic N) is 1. The van der Waals surface area contributed by atoms with E-state index in [9.17, 15) is 5.11 Å². The molecule has 1 aliphatic heterocycles. The van der Waals surface area contributed by atoms with Crippen LogP contribution in [0.2, 0.25) is 5.02 Å². The maximum Gasteiger partial charge on any atom is 0.0476 e. The Morgan fingerprint density at radius 2 is 2.24 bits per heavy atom. The van der Waals surface area contributed by atoms with Gasteiger partial charge in [-0.1, -0.05) is 17.7 Å². The normalized spacial score (nSPS) is 23.8. The molecule has 0 aliphatic carbocycles. The summed E-state index contributed by atoms with van der Waals surface area (Å²) >= 11 is 6.05. The van der Waals surface area contributed by atoms with E-state index in [4.69, 9.17) is 11.6 Å². The Bertz CT molecular complexity index is 392. The highest BCUT2D eigenvalue weighted by molar-refractivity contribution is 6.30. The minimum absolute atomic E-state index is 0.135. The first-order valence-electron chi connectivity index (χ1n) is 6.17. The predicted molar refractivity (Wildman–Crippen MR) is 72.7 cm³/mol. The molecule has 1 aliphatic rings. The Morgan fingerprint density at radius 3 is 2.88 bits per heavy atom. The lowest BCUT2D eigenvalue weighted by atomic mass is 9.84. The van der Waals surface area contributed by atoms with Gasteiger partial charge in [-0.2, -0.15) is 0 Å². The van der Waals surface area contributed by atoms with Gasteiger partial charge in [-0.05, 0) is 50.8 Å². The van der Waals surface area contributed by atoms with Crippen molar-refractivity contribution in [2.24, 2.45) is 5.92 Å². The fraction of sp³-hybridized carbons (Fsp3) is 0.571. The summed E-state index contributed by atoms with van der Waals surface area (Å²) in [5.41, 5.74) is 1.29. The molecule has 0 spiro atoms. The lowest BCUT2D eigenvalue weighted by molar-refractivity contribution is 0.181. The van der Waals surface area contributed by atoms with E-state index in [0.717, 1.165) is 30.1 Å². The van der Waals surface area contributed by atoms with E-state index >= 15 is 0 Å². The second-order valence-corrected chi connectivity index (χ2v) is 5.93. The third-order valence-corrected chi connectivity index (χ3v) is 3.95. The Balaban J connectivity index is 2.27. The molecule has 17 heavy (non-hydrogen) atoms. The summed E-state index contributed by atoms with van der Waals surface area (Å²) in [6.07, 6.45) is 2.20. The topological polar surface area (TPSA) is 23.5 Å². The predicted octanol–water partition coefficient (Wildman–Crippen LogP) is 3.33. The molecule has 1 atom stereocenters. The highest BCUT2D eigenvalue weighted by atomic mass is 35.5. The van der Waals surface area contributed by atoms with E-state index in [-0.39, 0.29) is 12.1 Å². The molecule has 3 heteroatoms. The van der Waals surface area contributed by atoms with Gasteiger partial charge < -0.3 is 10.0 Å². The van der Waals surface area contributed by atoms with Crippen LogP contribution >= 0.6 is 11.6 Å². The number of aliphatic hydroxyl groups excluding tert-OH is 1. The summed E-state index contributed by atoms with van der Waals surface area (Å²) in [5, 5.41) is 10.1. The highest BCUT2D eigenvalue weighted by Gasteiger charge is 2.33. The van der Waals surface area contributed by atoms with Crippen LogP contribution in [-0.2, 0) is 0 Å². The maximum absolute atomic E-state index is 9.33. The zero-order valence-corrected chi connectivity index (χ0v) is 11.2. The average molecular weight is 254 g/mol. The number of aliphatic hydroxyl groups is 1. The summed E-state index contributed by atoms with van der Waals surface area (Å²) in [5.74, 6) is 0.377. The average Bonchev–Trinajstić information content (AvgIpc) is 2.29. The van der Waals surface area contributed by atoms with Crippen LogP contribution < -0.4 is 4.90 Å². The molecule has 94 valence electrons. The summed E-state index contributed by atoms with van der Waals surface area (Å²) in [4.78, 5) is 2.36. The SMILES string of the molecule is CC1(C)CCC(CO)CN1c1cccc(Cl)c1. The molecule has 2 nitrogen and oxygen atoms in total. The number of hydrogen-bond acceptors (Lipinski definition) is 2. The van der Waals surface area contributed by atoms with Gasteiger partial charge in [-0.25, -0.2) is 0 Å². The third-order valence-electron chi connectivity index (χ3n) is 3.71. The molecule has 1 heterocycles. The first kappa shape index (κ1) is 12.7. The van der Waals surface area contributed by atoms with Gasteiger partial charge in [0, 0.05) is 29.4 Å². The number of benzene rings is 1. The van der Waals surface area contributed by atoms with Crippen LogP contribution in [0, 0.1) is 5.92 Å². The third kappa shape index (κ3) is 2.75. The smallest absolute Gasteiger partial charge is 0.0476 e. The molecule has 1 N–H and O–H groups in total. The van der Waals surface area contributed by atoms with Crippen LogP contribution in [0.5, 0.6) is 0 Å². The van der Waals surface area contributed by atoms with Crippen molar-refractivity contribution in [2.75, 3.05) is 18.1 Å². The van der Waals surface area contributed by atoms with Crippen LogP contribution in [0.15, 0.2) is 24.3 Å². The number of rotatable bonds is 2. The molecular formula is C14H20ClNO. The van der Waals surface area contributed by atoms with Crippen molar-refractivity contribution in [3.63, 3.8) is 0 Å². The molecule has 1 unspecified atom stereocenters. The lowest BCUT2D eigenvalue weighted by Gasteiger charge is -2.47. The van der Waals surface area contributed by atoms with Gasteiger partial charge in [0.25, 0.3) is 0 Å². The number of halogens is 1. The van der Waals surface area contributed by atoms with Gasteiger partial charge in [0.05, 0.1) is 0 Å². The molecule has 1 aromatic carbocycles. The fourth-order valence-electron chi connectivity index (χ4n) is 2.54. The van der Waals surface area contributed by atoms with Gasteiger partial charge in [0.15, 0.2) is 0 Å². The second-order valence-electron chi connectivity index (χ2n) is 5.49. The van der Waals surface area contributed by atoms with Crippen LogP contribution in [0.3, 0.4) is 0 Å². The zero-order valence-electron chi connectivity index (χ0n) is 10.5. The van der Waals surface area contributed by atoms with E-state index in [1.165, 1.54) is 0 Å². The van der Waals surface area contributed by atoms with E-state index < -0.39 is 0 Å². The van der Waals surface area contributed by atoms with Crippen molar-refractivity contribution < 1.29 is 5.11 Å².